The predicted molar refractivity (Wildman–Crippen MR) is 101 cm³/mol. The fourth-order valence-corrected chi connectivity index (χ4v) is 2.85. The zero-order valence-electron chi connectivity index (χ0n) is 14.8. The topological polar surface area (TPSA) is 49.3 Å². The van der Waals surface area contributed by atoms with Crippen LogP contribution in [0.3, 0.4) is 0 Å². The highest BCUT2D eigenvalue weighted by Gasteiger charge is 2.24. The van der Waals surface area contributed by atoms with E-state index in [1.807, 2.05) is 25.1 Å². The molecule has 134 valence electrons. The van der Waals surface area contributed by atoms with E-state index < -0.39 is 0 Å². The quantitative estimate of drug-likeness (QED) is 0.605. The van der Waals surface area contributed by atoms with Crippen LogP contribution in [0.5, 0.6) is 0 Å². The van der Waals surface area contributed by atoms with Crippen LogP contribution in [0.4, 0.5) is 4.39 Å². The van der Waals surface area contributed by atoms with Crippen molar-refractivity contribution in [1.82, 2.24) is 15.6 Å². The molecule has 1 aromatic heterocycles. The standard InChI is InChI=1S/C19H24ClFN4/c1-4-22-18(24-12-15-7-5-6-10-23-15)25-13-19(2,3)16-9-8-14(21)11-17(16)20/h5-11H,4,12-13H2,1-3H3,(H2,22,24,25). The van der Waals surface area contributed by atoms with E-state index in [-0.39, 0.29) is 11.2 Å². The first kappa shape index (κ1) is 19.2. The summed E-state index contributed by atoms with van der Waals surface area (Å²) in [4.78, 5) is 8.83. The van der Waals surface area contributed by atoms with Gasteiger partial charge in [0.2, 0.25) is 0 Å². The van der Waals surface area contributed by atoms with Crippen molar-refractivity contribution >= 4 is 17.6 Å². The molecule has 2 rings (SSSR count). The number of pyridine rings is 1. The van der Waals surface area contributed by atoms with Gasteiger partial charge in [-0.15, -0.1) is 0 Å². The molecule has 4 nitrogen and oxygen atoms in total. The zero-order chi connectivity index (χ0) is 18.3. The Morgan fingerprint density at radius 3 is 2.68 bits per heavy atom. The molecule has 0 bridgehead atoms. The number of hydrogen-bond acceptors (Lipinski definition) is 2. The van der Waals surface area contributed by atoms with E-state index in [4.69, 9.17) is 11.6 Å². The lowest BCUT2D eigenvalue weighted by molar-refractivity contribution is 0.507. The monoisotopic (exact) mass is 362 g/mol. The van der Waals surface area contributed by atoms with Gasteiger partial charge in [0.25, 0.3) is 0 Å². The van der Waals surface area contributed by atoms with E-state index in [1.54, 1.807) is 12.3 Å². The molecular formula is C19H24ClFN4. The maximum atomic E-state index is 13.3. The number of guanidine groups is 1. The summed E-state index contributed by atoms with van der Waals surface area (Å²) in [6.07, 6.45) is 1.75. The highest BCUT2D eigenvalue weighted by atomic mass is 35.5. The molecule has 2 aromatic rings. The molecule has 0 aliphatic heterocycles. The van der Waals surface area contributed by atoms with Gasteiger partial charge in [0.05, 0.1) is 12.2 Å². The molecule has 0 radical (unpaired) electrons. The van der Waals surface area contributed by atoms with Crippen molar-refractivity contribution in [2.75, 3.05) is 13.1 Å². The van der Waals surface area contributed by atoms with Gasteiger partial charge < -0.3 is 10.6 Å². The second-order valence-corrected chi connectivity index (χ2v) is 6.79. The maximum absolute atomic E-state index is 13.3. The van der Waals surface area contributed by atoms with Crippen LogP contribution in [-0.4, -0.2) is 24.0 Å². The number of rotatable bonds is 6. The lowest BCUT2D eigenvalue weighted by Crippen LogP contribution is -2.43. The van der Waals surface area contributed by atoms with Crippen molar-refractivity contribution < 1.29 is 4.39 Å². The van der Waals surface area contributed by atoms with E-state index in [9.17, 15) is 4.39 Å². The molecule has 0 saturated heterocycles. The minimum absolute atomic E-state index is 0.286. The SMILES string of the molecule is CCNC(=NCc1ccccn1)NCC(C)(C)c1ccc(F)cc1Cl. The molecule has 0 aliphatic rings. The lowest BCUT2D eigenvalue weighted by Gasteiger charge is -2.27. The third kappa shape index (κ3) is 5.71. The van der Waals surface area contributed by atoms with Crippen molar-refractivity contribution in [3.05, 3.63) is 64.7 Å². The van der Waals surface area contributed by atoms with Gasteiger partial charge in [0, 0.05) is 29.7 Å². The number of aromatic nitrogens is 1. The Balaban J connectivity index is 2.06. The van der Waals surface area contributed by atoms with Gasteiger partial charge in [-0.05, 0) is 36.8 Å². The molecular weight excluding hydrogens is 339 g/mol. The number of benzene rings is 1. The van der Waals surface area contributed by atoms with Crippen LogP contribution in [0.2, 0.25) is 5.02 Å². The van der Waals surface area contributed by atoms with Crippen LogP contribution in [0, 0.1) is 5.82 Å². The Bertz CT molecular complexity index is 717. The number of aliphatic imine (C=N–C) groups is 1. The van der Waals surface area contributed by atoms with E-state index in [0.29, 0.717) is 24.1 Å². The third-order valence-electron chi connectivity index (χ3n) is 3.83. The smallest absolute Gasteiger partial charge is 0.191 e. The molecule has 0 spiro atoms. The largest absolute Gasteiger partial charge is 0.357 e. The van der Waals surface area contributed by atoms with E-state index in [1.165, 1.54) is 12.1 Å². The molecule has 0 atom stereocenters. The van der Waals surface area contributed by atoms with Crippen molar-refractivity contribution in [3.8, 4) is 0 Å². The average Bonchev–Trinajstić information content (AvgIpc) is 2.58. The van der Waals surface area contributed by atoms with Gasteiger partial charge in [-0.3, -0.25) is 4.98 Å². The van der Waals surface area contributed by atoms with Crippen LogP contribution in [0.25, 0.3) is 0 Å². The van der Waals surface area contributed by atoms with Gasteiger partial charge in [-0.25, -0.2) is 9.38 Å². The van der Waals surface area contributed by atoms with Crippen LogP contribution >= 0.6 is 11.6 Å². The average molecular weight is 363 g/mol. The number of halogens is 2. The first-order chi connectivity index (χ1) is 11.9. The Hall–Kier alpha value is -2.14. The Kier molecular flexibility index (Phi) is 6.76. The summed E-state index contributed by atoms with van der Waals surface area (Å²) in [6, 6.07) is 10.3. The Labute approximate surface area is 153 Å². The van der Waals surface area contributed by atoms with Crippen LogP contribution in [0.15, 0.2) is 47.6 Å². The fraction of sp³-hybridized carbons (Fsp3) is 0.368. The second-order valence-electron chi connectivity index (χ2n) is 6.38. The van der Waals surface area contributed by atoms with E-state index in [0.717, 1.165) is 17.8 Å². The predicted octanol–water partition coefficient (Wildman–Crippen LogP) is 3.91. The highest BCUT2D eigenvalue weighted by Crippen LogP contribution is 2.29. The molecule has 1 aromatic carbocycles. The van der Waals surface area contributed by atoms with Gasteiger partial charge >= 0.3 is 0 Å². The van der Waals surface area contributed by atoms with Crippen LogP contribution < -0.4 is 10.6 Å². The van der Waals surface area contributed by atoms with E-state index in [2.05, 4.69) is 34.5 Å². The molecule has 2 N–H and O–H groups in total. The molecule has 0 unspecified atom stereocenters. The fourth-order valence-electron chi connectivity index (χ4n) is 2.43. The van der Waals surface area contributed by atoms with Gasteiger partial charge in [-0.2, -0.15) is 0 Å². The first-order valence-corrected chi connectivity index (χ1v) is 8.68. The minimum Gasteiger partial charge on any atom is -0.357 e. The molecule has 1 heterocycles. The van der Waals surface area contributed by atoms with Crippen molar-refractivity contribution in [2.45, 2.75) is 32.7 Å². The second kappa shape index (κ2) is 8.81. The number of nitrogens with zero attached hydrogens (tertiary/aromatic N) is 2. The van der Waals surface area contributed by atoms with Gasteiger partial charge in [-0.1, -0.05) is 37.6 Å². The molecule has 0 aliphatic carbocycles. The maximum Gasteiger partial charge on any atom is 0.191 e. The summed E-state index contributed by atoms with van der Waals surface area (Å²) in [5, 5.41) is 6.98. The summed E-state index contributed by atoms with van der Waals surface area (Å²) < 4.78 is 13.3. The van der Waals surface area contributed by atoms with Gasteiger partial charge in [0.1, 0.15) is 5.82 Å². The van der Waals surface area contributed by atoms with Gasteiger partial charge in [0.15, 0.2) is 5.96 Å². The summed E-state index contributed by atoms with van der Waals surface area (Å²) in [5.74, 6) is 0.377. The highest BCUT2D eigenvalue weighted by molar-refractivity contribution is 6.31. The molecule has 0 saturated carbocycles. The normalized spacial score (nSPS) is 12.1. The summed E-state index contributed by atoms with van der Waals surface area (Å²) in [7, 11) is 0. The number of hydrogen-bond donors (Lipinski definition) is 2. The summed E-state index contributed by atoms with van der Waals surface area (Å²) in [6.45, 7) is 7.98. The minimum atomic E-state index is -0.331. The lowest BCUT2D eigenvalue weighted by atomic mass is 9.84. The molecule has 0 fully saturated rings. The number of nitrogens with one attached hydrogen (secondary N) is 2. The van der Waals surface area contributed by atoms with Crippen LogP contribution in [-0.2, 0) is 12.0 Å². The summed E-state index contributed by atoms with van der Waals surface area (Å²) >= 11 is 6.21. The van der Waals surface area contributed by atoms with E-state index >= 15 is 0 Å². The van der Waals surface area contributed by atoms with Crippen molar-refractivity contribution in [2.24, 2.45) is 4.99 Å². The first-order valence-electron chi connectivity index (χ1n) is 8.30. The zero-order valence-corrected chi connectivity index (χ0v) is 15.6. The van der Waals surface area contributed by atoms with Crippen LogP contribution in [0.1, 0.15) is 32.0 Å². The molecule has 25 heavy (non-hydrogen) atoms. The Morgan fingerprint density at radius 2 is 2.04 bits per heavy atom. The molecule has 0 amide bonds. The Morgan fingerprint density at radius 1 is 1.24 bits per heavy atom. The molecule has 6 heteroatoms. The van der Waals surface area contributed by atoms with Crippen molar-refractivity contribution in [1.29, 1.82) is 0 Å². The van der Waals surface area contributed by atoms with Crippen molar-refractivity contribution in [3.63, 3.8) is 0 Å². The summed E-state index contributed by atoms with van der Waals surface area (Å²) in [5.41, 5.74) is 1.51. The third-order valence-corrected chi connectivity index (χ3v) is 4.14.